The molecule has 0 atom stereocenters. The van der Waals surface area contributed by atoms with E-state index < -0.39 is 0 Å². The molecule has 0 aliphatic heterocycles. The van der Waals surface area contributed by atoms with Crippen LogP contribution in [0.4, 0.5) is 0 Å². The summed E-state index contributed by atoms with van der Waals surface area (Å²) in [6.07, 6.45) is 3.27. The Morgan fingerprint density at radius 1 is 1.17 bits per heavy atom. The van der Waals surface area contributed by atoms with Crippen LogP contribution < -0.4 is 5.32 Å². The molecule has 23 heavy (non-hydrogen) atoms. The fraction of sp³-hybridized carbons (Fsp3) is 0.0556. The molecule has 1 aromatic carbocycles. The third-order valence-corrected chi connectivity index (χ3v) is 3.36. The van der Waals surface area contributed by atoms with Gasteiger partial charge in [-0.1, -0.05) is 6.07 Å². The summed E-state index contributed by atoms with van der Waals surface area (Å²) in [7, 11) is 0. The molecular formula is C18H13N3O2. The lowest BCUT2D eigenvalue weighted by Gasteiger charge is -2.08. The first-order chi connectivity index (χ1) is 11.3. The average Bonchev–Trinajstić information content (AvgIpc) is 3.14. The lowest BCUT2D eigenvalue weighted by Crippen LogP contribution is -2.23. The molecule has 0 spiro atoms. The first-order valence-corrected chi connectivity index (χ1v) is 7.04. The molecule has 1 amide bonds. The molecular weight excluding hydrogens is 290 g/mol. The van der Waals surface area contributed by atoms with Crippen LogP contribution in [0, 0.1) is 11.3 Å². The number of aromatic nitrogens is 1. The minimum atomic E-state index is -0.205. The lowest BCUT2D eigenvalue weighted by atomic mass is 10.1. The Morgan fingerprint density at radius 2 is 2.00 bits per heavy atom. The van der Waals surface area contributed by atoms with Crippen LogP contribution in [0.5, 0.6) is 0 Å². The predicted molar refractivity (Wildman–Crippen MR) is 84.3 cm³/mol. The zero-order valence-corrected chi connectivity index (χ0v) is 12.2. The fourth-order valence-corrected chi connectivity index (χ4v) is 2.19. The van der Waals surface area contributed by atoms with Crippen LogP contribution in [0.15, 0.2) is 65.4 Å². The third-order valence-electron chi connectivity index (χ3n) is 3.36. The molecule has 2 aromatic heterocycles. The predicted octanol–water partition coefficient (Wildman–Crippen LogP) is 3.14. The summed E-state index contributed by atoms with van der Waals surface area (Å²) in [6, 6.07) is 15.8. The van der Waals surface area contributed by atoms with Crippen molar-refractivity contribution >= 4 is 5.91 Å². The molecule has 3 rings (SSSR count). The lowest BCUT2D eigenvalue weighted by molar-refractivity contribution is 0.0951. The maximum Gasteiger partial charge on any atom is 0.251 e. The van der Waals surface area contributed by atoms with E-state index in [0.717, 1.165) is 5.56 Å². The van der Waals surface area contributed by atoms with Crippen molar-refractivity contribution in [3.8, 4) is 17.5 Å². The molecule has 0 saturated heterocycles. The average molecular weight is 303 g/mol. The van der Waals surface area contributed by atoms with Gasteiger partial charge in [0.05, 0.1) is 17.9 Å². The van der Waals surface area contributed by atoms with Gasteiger partial charge in [0.1, 0.15) is 5.69 Å². The van der Waals surface area contributed by atoms with Crippen molar-refractivity contribution in [3.63, 3.8) is 0 Å². The van der Waals surface area contributed by atoms with Gasteiger partial charge >= 0.3 is 0 Å². The largest absolute Gasteiger partial charge is 0.463 e. The van der Waals surface area contributed by atoms with Crippen molar-refractivity contribution in [3.05, 3.63) is 77.7 Å². The molecule has 3 aromatic rings. The zero-order chi connectivity index (χ0) is 16.1. The van der Waals surface area contributed by atoms with Crippen LogP contribution in [0.2, 0.25) is 0 Å². The van der Waals surface area contributed by atoms with E-state index in [1.54, 1.807) is 42.8 Å². The number of hydrogen-bond donors (Lipinski definition) is 1. The van der Waals surface area contributed by atoms with Crippen molar-refractivity contribution in [1.29, 1.82) is 5.26 Å². The van der Waals surface area contributed by atoms with Crippen LogP contribution in [0.25, 0.3) is 11.5 Å². The van der Waals surface area contributed by atoms with E-state index in [2.05, 4.69) is 10.3 Å². The number of pyridine rings is 1. The second-order valence-corrected chi connectivity index (χ2v) is 4.86. The molecule has 0 fully saturated rings. The van der Waals surface area contributed by atoms with E-state index in [0.29, 0.717) is 29.1 Å². The van der Waals surface area contributed by atoms with Crippen LogP contribution in [0.3, 0.4) is 0 Å². The maximum atomic E-state index is 12.2. The number of hydrogen-bond acceptors (Lipinski definition) is 4. The number of nitrogens with one attached hydrogen (secondary N) is 1. The Kier molecular flexibility index (Phi) is 4.16. The van der Waals surface area contributed by atoms with E-state index in [4.69, 9.17) is 9.68 Å². The van der Waals surface area contributed by atoms with Crippen molar-refractivity contribution < 1.29 is 9.21 Å². The number of carbonyl (C=O) groups excluding carboxylic acids is 1. The van der Waals surface area contributed by atoms with Gasteiger partial charge in [0, 0.05) is 23.9 Å². The van der Waals surface area contributed by atoms with Gasteiger partial charge in [0.2, 0.25) is 0 Å². The first kappa shape index (κ1) is 14.5. The Bertz CT molecular complexity index is 847. The number of benzene rings is 1. The Labute approximate surface area is 133 Å². The van der Waals surface area contributed by atoms with Gasteiger partial charge in [-0.05, 0) is 42.5 Å². The second-order valence-electron chi connectivity index (χ2n) is 4.86. The summed E-state index contributed by atoms with van der Waals surface area (Å²) in [5, 5.41) is 11.6. The number of carbonyl (C=O) groups is 1. The molecule has 0 unspecified atom stereocenters. The maximum absolute atomic E-state index is 12.2. The van der Waals surface area contributed by atoms with Gasteiger partial charge < -0.3 is 9.73 Å². The van der Waals surface area contributed by atoms with Crippen LogP contribution in [0.1, 0.15) is 21.5 Å². The van der Waals surface area contributed by atoms with Gasteiger partial charge in [-0.2, -0.15) is 5.26 Å². The molecule has 5 nitrogen and oxygen atoms in total. The smallest absolute Gasteiger partial charge is 0.251 e. The number of nitriles is 1. The zero-order valence-electron chi connectivity index (χ0n) is 12.2. The molecule has 112 valence electrons. The summed E-state index contributed by atoms with van der Waals surface area (Å²) < 4.78 is 5.37. The van der Waals surface area contributed by atoms with Crippen molar-refractivity contribution in [2.75, 3.05) is 0 Å². The molecule has 0 bridgehead atoms. The molecule has 1 N–H and O–H groups in total. The van der Waals surface area contributed by atoms with Crippen LogP contribution in [-0.4, -0.2) is 10.9 Å². The van der Waals surface area contributed by atoms with E-state index in [-0.39, 0.29) is 5.91 Å². The fourth-order valence-electron chi connectivity index (χ4n) is 2.19. The third kappa shape index (κ3) is 3.27. The molecule has 0 saturated carbocycles. The monoisotopic (exact) mass is 303 g/mol. The van der Waals surface area contributed by atoms with E-state index in [1.165, 1.54) is 0 Å². The highest BCUT2D eigenvalue weighted by Gasteiger charge is 2.11. The summed E-state index contributed by atoms with van der Waals surface area (Å²) in [5.41, 5.74) is 2.60. The molecule has 2 heterocycles. The van der Waals surface area contributed by atoms with Gasteiger partial charge in [-0.25, -0.2) is 0 Å². The van der Waals surface area contributed by atoms with Gasteiger partial charge in [0.25, 0.3) is 5.91 Å². The summed E-state index contributed by atoms with van der Waals surface area (Å²) >= 11 is 0. The SMILES string of the molecule is N#Cc1ccc(C(=O)NCc2cccnc2-c2ccco2)cc1. The van der Waals surface area contributed by atoms with Crippen molar-refractivity contribution in [1.82, 2.24) is 10.3 Å². The topological polar surface area (TPSA) is 78.9 Å². The highest BCUT2D eigenvalue weighted by Crippen LogP contribution is 2.21. The summed E-state index contributed by atoms with van der Waals surface area (Å²) in [4.78, 5) is 16.5. The molecule has 0 aliphatic rings. The number of furan rings is 1. The highest BCUT2D eigenvalue weighted by atomic mass is 16.3. The van der Waals surface area contributed by atoms with Crippen LogP contribution >= 0.6 is 0 Å². The first-order valence-electron chi connectivity index (χ1n) is 7.04. The number of amides is 1. The standard InChI is InChI=1S/C18H13N3O2/c19-11-13-5-7-14(8-6-13)18(22)21-12-15-3-1-9-20-17(15)16-4-2-10-23-16/h1-10H,12H2,(H,21,22). The molecule has 0 radical (unpaired) electrons. The summed E-state index contributed by atoms with van der Waals surface area (Å²) in [5.74, 6) is 0.456. The van der Waals surface area contributed by atoms with Gasteiger partial charge in [0.15, 0.2) is 5.76 Å². The van der Waals surface area contributed by atoms with E-state index in [1.807, 2.05) is 24.3 Å². The van der Waals surface area contributed by atoms with Gasteiger partial charge in [-0.3, -0.25) is 9.78 Å². The minimum absolute atomic E-state index is 0.205. The van der Waals surface area contributed by atoms with Crippen LogP contribution in [-0.2, 0) is 6.54 Å². The number of rotatable bonds is 4. The molecule has 0 aliphatic carbocycles. The van der Waals surface area contributed by atoms with E-state index in [9.17, 15) is 4.79 Å². The van der Waals surface area contributed by atoms with Crippen molar-refractivity contribution in [2.24, 2.45) is 0 Å². The highest BCUT2D eigenvalue weighted by molar-refractivity contribution is 5.94. The Hall–Kier alpha value is -3.39. The summed E-state index contributed by atoms with van der Waals surface area (Å²) in [6.45, 7) is 0.336. The Balaban J connectivity index is 1.73. The van der Waals surface area contributed by atoms with Crippen molar-refractivity contribution in [2.45, 2.75) is 6.54 Å². The quantitative estimate of drug-likeness (QED) is 0.803. The van der Waals surface area contributed by atoms with E-state index >= 15 is 0 Å². The second kappa shape index (κ2) is 6.58. The Morgan fingerprint density at radius 3 is 2.70 bits per heavy atom. The number of nitrogens with zero attached hydrogens (tertiary/aromatic N) is 2. The normalized spacial score (nSPS) is 10.0. The van der Waals surface area contributed by atoms with Gasteiger partial charge in [-0.15, -0.1) is 0 Å². The molecule has 5 heteroatoms. The minimum Gasteiger partial charge on any atom is -0.463 e.